The predicted molar refractivity (Wildman–Crippen MR) is 75.4 cm³/mol. The minimum atomic E-state index is 0.105. The van der Waals surface area contributed by atoms with Gasteiger partial charge < -0.3 is 10.3 Å². The molecule has 5 heteroatoms. The fourth-order valence-electron chi connectivity index (χ4n) is 1.95. The summed E-state index contributed by atoms with van der Waals surface area (Å²) < 4.78 is 3.30. The lowest BCUT2D eigenvalue weighted by Crippen LogP contribution is -2.32. The first kappa shape index (κ1) is 12.8. The lowest BCUT2D eigenvalue weighted by molar-refractivity contribution is 0.457. The second-order valence-corrected chi connectivity index (χ2v) is 6.54. The molecule has 2 aromatic heterocycles. The van der Waals surface area contributed by atoms with Gasteiger partial charge in [0.2, 0.25) is 0 Å². The Hall–Kier alpha value is -0.650. The van der Waals surface area contributed by atoms with Crippen LogP contribution in [0.1, 0.15) is 30.1 Å². The summed E-state index contributed by atoms with van der Waals surface area (Å²) in [6, 6.07) is 4.49. The van der Waals surface area contributed by atoms with Gasteiger partial charge in [0.1, 0.15) is 5.82 Å². The highest BCUT2D eigenvalue weighted by atomic mass is 79.9. The number of aryl methyl sites for hydroxylation is 1. The molecule has 17 heavy (non-hydrogen) atoms. The fraction of sp³-hybridized carbons (Fsp3) is 0.417. The Labute approximate surface area is 114 Å². The van der Waals surface area contributed by atoms with Gasteiger partial charge in [-0.25, -0.2) is 4.98 Å². The molecule has 2 unspecified atom stereocenters. The van der Waals surface area contributed by atoms with Gasteiger partial charge in [0.05, 0.1) is 9.83 Å². The van der Waals surface area contributed by atoms with Crippen LogP contribution in [0.25, 0.3) is 0 Å². The Morgan fingerprint density at radius 2 is 2.29 bits per heavy atom. The summed E-state index contributed by atoms with van der Waals surface area (Å²) in [5.41, 5.74) is 6.26. The van der Waals surface area contributed by atoms with Gasteiger partial charge in [-0.3, -0.25) is 0 Å². The van der Waals surface area contributed by atoms with Gasteiger partial charge >= 0.3 is 0 Å². The van der Waals surface area contributed by atoms with E-state index in [4.69, 9.17) is 5.73 Å². The van der Waals surface area contributed by atoms with Crippen molar-refractivity contribution >= 4 is 27.3 Å². The van der Waals surface area contributed by atoms with E-state index in [9.17, 15) is 0 Å². The first-order chi connectivity index (χ1) is 8.13. The van der Waals surface area contributed by atoms with Crippen molar-refractivity contribution in [1.29, 1.82) is 0 Å². The maximum atomic E-state index is 6.26. The largest absolute Gasteiger partial charge is 0.326 e. The Bertz CT molecular complexity index is 491. The molecule has 2 rings (SSSR count). The summed E-state index contributed by atoms with van der Waals surface area (Å²) in [6.45, 7) is 4.13. The topological polar surface area (TPSA) is 43.8 Å². The molecule has 0 aliphatic carbocycles. The molecule has 2 atom stereocenters. The second-order valence-electron chi connectivity index (χ2n) is 4.04. The zero-order chi connectivity index (χ0) is 12.4. The number of aromatic nitrogens is 2. The normalized spacial score (nSPS) is 14.8. The number of thiophene rings is 1. The quantitative estimate of drug-likeness (QED) is 0.940. The minimum absolute atomic E-state index is 0.105. The molecule has 0 radical (unpaired) electrons. The van der Waals surface area contributed by atoms with Crippen LogP contribution in [0.15, 0.2) is 28.3 Å². The highest BCUT2D eigenvalue weighted by molar-refractivity contribution is 9.11. The van der Waals surface area contributed by atoms with Crippen LogP contribution in [0.4, 0.5) is 0 Å². The third kappa shape index (κ3) is 2.61. The summed E-state index contributed by atoms with van der Waals surface area (Å²) in [6.07, 6.45) is 4.77. The number of imidazole rings is 1. The van der Waals surface area contributed by atoms with Crippen molar-refractivity contribution in [3.8, 4) is 0 Å². The Morgan fingerprint density at radius 3 is 2.76 bits per heavy atom. The summed E-state index contributed by atoms with van der Waals surface area (Å²) in [7, 11) is 0. The van der Waals surface area contributed by atoms with Crippen molar-refractivity contribution in [2.24, 2.45) is 5.73 Å². The first-order valence-corrected chi connectivity index (χ1v) is 7.24. The van der Waals surface area contributed by atoms with E-state index < -0.39 is 0 Å². The lowest BCUT2D eigenvalue weighted by atomic mass is 10.0. The average Bonchev–Trinajstić information content (AvgIpc) is 2.90. The summed E-state index contributed by atoms with van der Waals surface area (Å²) in [5, 5.41) is 0. The van der Waals surface area contributed by atoms with Crippen LogP contribution >= 0.6 is 27.3 Å². The zero-order valence-corrected chi connectivity index (χ0v) is 12.3. The molecule has 0 aliphatic rings. The third-order valence-corrected chi connectivity index (χ3v) is 4.62. The number of hydrogen-bond acceptors (Lipinski definition) is 3. The molecule has 0 aromatic carbocycles. The van der Waals surface area contributed by atoms with Crippen molar-refractivity contribution in [2.45, 2.75) is 32.4 Å². The minimum Gasteiger partial charge on any atom is -0.326 e. The van der Waals surface area contributed by atoms with Crippen LogP contribution in [-0.2, 0) is 0 Å². The van der Waals surface area contributed by atoms with Crippen LogP contribution in [0.3, 0.4) is 0 Å². The van der Waals surface area contributed by atoms with Gasteiger partial charge in [0.15, 0.2) is 0 Å². The van der Waals surface area contributed by atoms with Crippen LogP contribution in [-0.4, -0.2) is 15.6 Å². The van der Waals surface area contributed by atoms with Gasteiger partial charge in [-0.2, -0.15) is 0 Å². The molecule has 0 amide bonds. The van der Waals surface area contributed by atoms with E-state index in [1.807, 2.05) is 19.3 Å². The Balaban J connectivity index is 2.42. The molecular formula is C12H16BrN3S. The monoisotopic (exact) mass is 313 g/mol. The molecule has 92 valence electrons. The number of hydrogen-bond donors (Lipinski definition) is 1. The standard InChI is InChI=1S/C12H16BrN3S/c1-3-9(14)12(10-4-5-11(13)17-10)16-7-6-15-8(16)2/h4-7,9,12H,3,14H2,1-2H3. The molecule has 3 nitrogen and oxygen atoms in total. The molecule has 2 N–H and O–H groups in total. The van der Waals surface area contributed by atoms with Crippen LogP contribution < -0.4 is 5.73 Å². The molecule has 0 bridgehead atoms. The van der Waals surface area contributed by atoms with Crippen LogP contribution in [0.2, 0.25) is 0 Å². The molecule has 0 spiro atoms. The first-order valence-electron chi connectivity index (χ1n) is 5.63. The van der Waals surface area contributed by atoms with E-state index in [-0.39, 0.29) is 12.1 Å². The number of rotatable bonds is 4. The van der Waals surface area contributed by atoms with E-state index in [0.29, 0.717) is 0 Å². The van der Waals surface area contributed by atoms with Crippen molar-refractivity contribution in [3.05, 3.63) is 39.0 Å². The van der Waals surface area contributed by atoms with E-state index >= 15 is 0 Å². The highest BCUT2D eigenvalue weighted by Gasteiger charge is 2.23. The third-order valence-electron chi connectivity index (χ3n) is 2.92. The molecule has 0 saturated heterocycles. The molecule has 2 aromatic rings. The van der Waals surface area contributed by atoms with Crippen LogP contribution in [0, 0.1) is 6.92 Å². The molecule has 0 saturated carbocycles. The SMILES string of the molecule is CCC(N)C(c1ccc(Br)s1)n1ccnc1C. The van der Waals surface area contributed by atoms with Gasteiger partial charge in [0.25, 0.3) is 0 Å². The molecule has 0 aliphatic heterocycles. The smallest absolute Gasteiger partial charge is 0.106 e. The van der Waals surface area contributed by atoms with Crippen molar-refractivity contribution in [1.82, 2.24) is 9.55 Å². The Morgan fingerprint density at radius 1 is 1.53 bits per heavy atom. The van der Waals surface area contributed by atoms with E-state index in [0.717, 1.165) is 16.0 Å². The maximum absolute atomic E-state index is 6.26. The van der Waals surface area contributed by atoms with Crippen molar-refractivity contribution in [3.63, 3.8) is 0 Å². The number of nitrogens with two attached hydrogens (primary N) is 1. The lowest BCUT2D eigenvalue weighted by Gasteiger charge is -2.24. The fourth-order valence-corrected chi connectivity index (χ4v) is 3.55. The van der Waals surface area contributed by atoms with Gasteiger partial charge in [-0.1, -0.05) is 6.92 Å². The van der Waals surface area contributed by atoms with Gasteiger partial charge in [-0.05, 0) is 41.4 Å². The molecule has 0 fully saturated rings. The number of halogens is 1. The second kappa shape index (κ2) is 5.33. The summed E-state index contributed by atoms with van der Waals surface area (Å²) in [4.78, 5) is 5.56. The van der Waals surface area contributed by atoms with Gasteiger partial charge in [-0.15, -0.1) is 11.3 Å². The van der Waals surface area contributed by atoms with Crippen molar-refractivity contribution in [2.75, 3.05) is 0 Å². The summed E-state index contributed by atoms with van der Waals surface area (Å²) in [5.74, 6) is 1.00. The summed E-state index contributed by atoms with van der Waals surface area (Å²) >= 11 is 5.24. The maximum Gasteiger partial charge on any atom is 0.106 e. The average molecular weight is 314 g/mol. The Kier molecular flexibility index (Phi) is 4.01. The van der Waals surface area contributed by atoms with E-state index in [1.54, 1.807) is 11.3 Å². The predicted octanol–water partition coefficient (Wildman–Crippen LogP) is 3.34. The van der Waals surface area contributed by atoms with E-state index in [1.165, 1.54) is 4.88 Å². The zero-order valence-electron chi connectivity index (χ0n) is 9.93. The van der Waals surface area contributed by atoms with Crippen molar-refractivity contribution < 1.29 is 0 Å². The molecular weight excluding hydrogens is 298 g/mol. The molecule has 2 heterocycles. The van der Waals surface area contributed by atoms with E-state index in [2.05, 4.69) is 44.5 Å². The highest BCUT2D eigenvalue weighted by Crippen LogP contribution is 2.32. The number of nitrogens with zero attached hydrogens (tertiary/aromatic N) is 2. The van der Waals surface area contributed by atoms with Crippen LogP contribution in [0.5, 0.6) is 0 Å². The van der Waals surface area contributed by atoms with Gasteiger partial charge in [0, 0.05) is 23.3 Å².